The number of thiocarbonyl (C=S) groups is 1. The summed E-state index contributed by atoms with van der Waals surface area (Å²) in [6, 6.07) is 15.7. The quantitative estimate of drug-likeness (QED) is 0.432. The zero-order chi connectivity index (χ0) is 22.8. The Bertz CT molecular complexity index is 1160. The van der Waals surface area contributed by atoms with Crippen molar-refractivity contribution in [2.24, 2.45) is 11.0 Å². The number of carbonyl (C=O) groups excluding carboxylic acids is 3. The fraction of sp³-hybridized carbons (Fsp3) is 0.174. The molecule has 0 bridgehead atoms. The van der Waals surface area contributed by atoms with Crippen LogP contribution in [-0.4, -0.2) is 35.2 Å². The number of benzene rings is 2. The fourth-order valence-corrected chi connectivity index (χ4v) is 3.74. The van der Waals surface area contributed by atoms with Gasteiger partial charge in [0.15, 0.2) is 5.11 Å². The fourth-order valence-electron chi connectivity index (χ4n) is 3.46. The van der Waals surface area contributed by atoms with Crippen molar-refractivity contribution < 1.29 is 19.1 Å². The molecule has 1 saturated heterocycles. The van der Waals surface area contributed by atoms with Crippen LogP contribution in [0.15, 0.2) is 71.3 Å². The lowest BCUT2D eigenvalue weighted by molar-refractivity contribution is -0.122. The SMILES string of the molecule is CCOc1ccc(N2C(=O)/C(=C\C3C(=O)N(c4ccccc4)N=C3C)C(=O)NC2=S)cc1. The summed E-state index contributed by atoms with van der Waals surface area (Å²) in [5, 5.41) is 8.09. The minimum Gasteiger partial charge on any atom is -0.494 e. The van der Waals surface area contributed by atoms with E-state index >= 15 is 0 Å². The monoisotopic (exact) mass is 448 g/mol. The average Bonchev–Trinajstić information content (AvgIpc) is 3.06. The summed E-state index contributed by atoms with van der Waals surface area (Å²) in [4.78, 5) is 40.0. The molecule has 32 heavy (non-hydrogen) atoms. The van der Waals surface area contributed by atoms with E-state index in [9.17, 15) is 14.4 Å². The molecule has 2 aliphatic rings. The molecule has 9 heteroatoms. The largest absolute Gasteiger partial charge is 0.494 e. The molecule has 0 radical (unpaired) electrons. The maximum atomic E-state index is 13.2. The molecular formula is C23H20N4O4S. The lowest BCUT2D eigenvalue weighted by Gasteiger charge is -2.29. The predicted molar refractivity (Wildman–Crippen MR) is 124 cm³/mol. The number of hydrogen-bond acceptors (Lipinski definition) is 6. The van der Waals surface area contributed by atoms with E-state index in [1.165, 1.54) is 16.0 Å². The Kier molecular flexibility index (Phi) is 5.83. The topological polar surface area (TPSA) is 91.3 Å². The first-order chi connectivity index (χ1) is 15.4. The molecule has 0 spiro atoms. The number of nitrogens with zero attached hydrogens (tertiary/aromatic N) is 3. The third kappa shape index (κ3) is 3.90. The second-order valence-corrected chi connectivity index (χ2v) is 7.50. The molecule has 8 nitrogen and oxygen atoms in total. The molecule has 0 saturated carbocycles. The molecule has 2 aromatic rings. The first-order valence-electron chi connectivity index (χ1n) is 9.99. The van der Waals surface area contributed by atoms with Crippen molar-refractivity contribution >= 4 is 52.1 Å². The summed E-state index contributed by atoms with van der Waals surface area (Å²) in [6.07, 6.45) is 1.35. The highest BCUT2D eigenvalue weighted by Crippen LogP contribution is 2.28. The Balaban J connectivity index is 1.63. The van der Waals surface area contributed by atoms with Crippen LogP contribution in [-0.2, 0) is 14.4 Å². The summed E-state index contributed by atoms with van der Waals surface area (Å²) < 4.78 is 5.43. The summed E-state index contributed by atoms with van der Waals surface area (Å²) in [5.74, 6) is -1.80. The number of hydrogen-bond donors (Lipinski definition) is 1. The van der Waals surface area contributed by atoms with Crippen molar-refractivity contribution in [2.45, 2.75) is 13.8 Å². The number of rotatable bonds is 5. The first kappa shape index (κ1) is 21.4. The van der Waals surface area contributed by atoms with Crippen LogP contribution in [0.1, 0.15) is 13.8 Å². The van der Waals surface area contributed by atoms with Gasteiger partial charge >= 0.3 is 0 Å². The van der Waals surface area contributed by atoms with Gasteiger partial charge in [0.25, 0.3) is 17.7 Å². The van der Waals surface area contributed by atoms with Crippen LogP contribution in [0.2, 0.25) is 0 Å². The van der Waals surface area contributed by atoms with Crippen LogP contribution < -0.4 is 20.0 Å². The summed E-state index contributed by atoms with van der Waals surface area (Å²) >= 11 is 5.23. The Morgan fingerprint density at radius 2 is 1.75 bits per heavy atom. The minimum absolute atomic E-state index is 0.0321. The van der Waals surface area contributed by atoms with E-state index in [-0.39, 0.29) is 16.6 Å². The molecular weight excluding hydrogens is 428 g/mol. The third-order valence-corrected chi connectivity index (χ3v) is 5.31. The summed E-state index contributed by atoms with van der Waals surface area (Å²) in [5.41, 5.74) is 1.39. The van der Waals surface area contributed by atoms with Gasteiger partial charge in [-0.3, -0.25) is 24.6 Å². The van der Waals surface area contributed by atoms with Crippen LogP contribution >= 0.6 is 12.2 Å². The average molecular weight is 449 g/mol. The van der Waals surface area contributed by atoms with E-state index in [0.29, 0.717) is 29.4 Å². The van der Waals surface area contributed by atoms with E-state index in [1.54, 1.807) is 55.5 Å². The lowest BCUT2D eigenvalue weighted by Crippen LogP contribution is -2.54. The van der Waals surface area contributed by atoms with Gasteiger partial charge in [0.05, 0.1) is 29.6 Å². The van der Waals surface area contributed by atoms with Crippen LogP contribution in [0.5, 0.6) is 5.75 Å². The molecule has 2 aliphatic heterocycles. The molecule has 1 atom stereocenters. The van der Waals surface area contributed by atoms with Gasteiger partial charge < -0.3 is 4.74 Å². The van der Waals surface area contributed by atoms with Crippen LogP contribution in [0.3, 0.4) is 0 Å². The normalized spacial score (nSPS) is 20.0. The van der Waals surface area contributed by atoms with E-state index < -0.39 is 17.7 Å². The van der Waals surface area contributed by atoms with Crippen LogP contribution in [0, 0.1) is 5.92 Å². The number of nitrogens with one attached hydrogen (secondary N) is 1. The molecule has 4 rings (SSSR count). The molecule has 1 fully saturated rings. The minimum atomic E-state index is -0.839. The van der Waals surface area contributed by atoms with Gasteiger partial charge in [-0.15, -0.1) is 0 Å². The summed E-state index contributed by atoms with van der Waals surface area (Å²) in [6.45, 7) is 4.07. The standard InChI is InChI=1S/C23H20N4O4S/c1-3-31-17-11-9-15(10-12-17)26-21(29)19(20(28)24-23(26)32)13-18-14(2)25-27(22(18)30)16-7-5-4-6-8-16/h4-13,18H,3H2,1-2H3,(H,24,28,32)/b19-13-. The number of ether oxygens (including phenoxy) is 1. The number of anilines is 2. The zero-order valence-electron chi connectivity index (χ0n) is 17.4. The van der Waals surface area contributed by atoms with Crippen LogP contribution in [0.4, 0.5) is 11.4 Å². The lowest BCUT2D eigenvalue weighted by atomic mass is 9.98. The van der Waals surface area contributed by atoms with Crippen molar-refractivity contribution in [2.75, 3.05) is 16.5 Å². The number of para-hydroxylation sites is 1. The Morgan fingerprint density at radius 1 is 1.06 bits per heavy atom. The second kappa shape index (κ2) is 8.72. The van der Waals surface area contributed by atoms with Crippen molar-refractivity contribution in [3.63, 3.8) is 0 Å². The zero-order valence-corrected chi connectivity index (χ0v) is 18.3. The molecule has 1 unspecified atom stereocenters. The summed E-state index contributed by atoms with van der Waals surface area (Å²) in [7, 11) is 0. The van der Waals surface area contributed by atoms with Gasteiger partial charge in [0.2, 0.25) is 0 Å². The van der Waals surface area contributed by atoms with Gasteiger partial charge in [0, 0.05) is 0 Å². The van der Waals surface area contributed by atoms with E-state index in [0.717, 1.165) is 0 Å². The molecule has 0 aliphatic carbocycles. The van der Waals surface area contributed by atoms with Crippen molar-refractivity contribution in [3.8, 4) is 5.75 Å². The van der Waals surface area contributed by atoms with Crippen LogP contribution in [0.25, 0.3) is 0 Å². The van der Waals surface area contributed by atoms with Gasteiger partial charge in [-0.1, -0.05) is 18.2 Å². The smallest absolute Gasteiger partial charge is 0.269 e. The van der Waals surface area contributed by atoms with E-state index in [2.05, 4.69) is 10.4 Å². The Hall–Kier alpha value is -3.85. The second-order valence-electron chi connectivity index (χ2n) is 7.11. The molecule has 2 aromatic carbocycles. The molecule has 0 aromatic heterocycles. The number of amides is 3. The molecule has 2 heterocycles. The first-order valence-corrected chi connectivity index (χ1v) is 10.4. The van der Waals surface area contributed by atoms with Gasteiger partial charge in [-0.05, 0) is 68.5 Å². The third-order valence-electron chi connectivity index (χ3n) is 5.02. The van der Waals surface area contributed by atoms with Crippen molar-refractivity contribution in [1.29, 1.82) is 0 Å². The van der Waals surface area contributed by atoms with Crippen molar-refractivity contribution in [3.05, 3.63) is 66.2 Å². The molecule has 1 N–H and O–H groups in total. The maximum absolute atomic E-state index is 13.2. The van der Waals surface area contributed by atoms with E-state index in [1.807, 2.05) is 13.0 Å². The highest BCUT2D eigenvalue weighted by molar-refractivity contribution is 7.80. The highest BCUT2D eigenvalue weighted by atomic mass is 32.1. The maximum Gasteiger partial charge on any atom is 0.269 e. The van der Waals surface area contributed by atoms with Crippen molar-refractivity contribution in [1.82, 2.24) is 5.32 Å². The molecule has 3 amide bonds. The Labute approximate surface area is 190 Å². The number of hydrazone groups is 1. The van der Waals surface area contributed by atoms with Gasteiger partial charge in [0.1, 0.15) is 11.3 Å². The van der Waals surface area contributed by atoms with E-state index in [4.69, 9.17) is 17.0 Å². The number of carbonyl (C=O) groups is 3. The van der Waals surface area contributed by atoms with Gasteiger partial charge in [-0.25, -0.2) is 0 Å². The predicted octanol–water partition coefficient (Wildman–Crippen LogP) is 2.80. The highest BCUT2D eigenvalue weighted by Gasteiger charge is 2.39. The molecule has 162 valence electrons. The van der Waals surface area contributed by atoms with Gasteiger partial charge in [-0.2, -0.15) is 10.1 Å². The Morgan fingerprint density at radius 3 is 2.41 bits per heavy atom.